The van der Waals surface area contributed by atoms with Crippen molar-refractivity contribution < 1.29 is 19.8 Å². The molecule has 128 valence electrons. The first-order chi connectivity index (χ1) is 11.5. The number of carboxylic acids is 2. The van der Waals surface area contributed by atoms with Gasteiger partial charge in [-0.1, -0.05) is 31.0 Å². The van der Waals surface area contributed by atoms with E-state index in [4.69, 9.17) is 24.8 Å². The number of carbonyl (C=O) groups is 2. The van der Waals surface area contributed by atoms with Crippen LogP contribution < -0.4 is 4.90 Å². The summed E-state index contributed by atoms with van der Waals surface area (Å²) in [6.07, 6.45) is 5.33. The number of hydrogen-bond acceptors (Lipinski definition) is 4. The Kier molecular flexibility index (Phi) is 6.12. The Bertz CT molecular complexity index is 710. The summed E-state index contributed by atoms with van der Waals surface area (Å²) in [7, 11) is 0. The zero-order valence-corrected chi connectivity index (χ0v) is 13.7. The lowest BCUT2D eigenvalue weighted by atomic mass is 10.1. The van der Waals surface area contributed by atoms with E-state index in [1.54, 1.807) is 0 Å². The van der Waals surface area contributed by atoms with Gasteiger partial charge >= 0.3 is 11.9 Å². The van der Waals surface area contributed by atoms with Gasteiger partial charge in [-0.2, -0.15) is 0 Å². The average molecular weight is 330 g/mol. The molecule has 1 aliphatic rings. The second kappa shape index (κ2) is 8.29. The van der Waals surface area contributed by atoms with E-state index in [2.05, 4.69) is 42.2 Å². The van der Waals surface area contributed by atoms with Crippen LogP contribution in [-0.2, 0) is 9.59 Å². The molecular weight excluding hydrogens is 308 g/mol. The molecule has 0 amide bonds. The van der Waals surface area contributed by atoms with Gasteiger partial charge in [-0.15, -0.1) is 0 Å². The molecule has 0 aliphatic carbocycles. The van der Waals surface area contributed by atoms with E-state index in [0.29, 0.717) is 0 Å². The number of rotatable bonds is 1. The number of aromatic nitrogens is 1. The zero-order chi connectivity index (χ0) is 17.5. The third kappa shape index (κ3) is 4.68. The highest BCUT2D eigenvalue weighted by atomic mass is 16.4. The molecule has 1 aromatic heterocycles. The van der Waals surface area contributed by atoms with Crippen LogP contribution in [0.4, 0.5) is 5.82 Å². The fourth-order valence-electron chi connectivity index (χ4n) is 2.79. The first kappa shape index (κ1) is 17.7. The third-order valence-electron chi connectivity index (χ3n) is 4.02. The highest BCUT2D eigenvalue weighted by molar-refractivity contribution is 6.27. The molecule has 3 rings (SSSR count). The molecule has 1 aromatic carbocycles. The lowest BCUT2D eigenvalue weighted by Crippen LogP contribution is -2.24. The van der Waals surface area contributed by atoms with E-state index in [1.807, 2.05) is 0 Å². The molecule has 2 N–H and O–H groups in total. The molecule has 0 bridgehead atoms. The number of anilines is 1. The van der Waals surface area contributed by atoms with E-state index < -0.39 is 11.9 Å². The number of hydrogen-bond donors (Lipinski definition) is 2. The Balaban J connectivity index is 0.000000301. The normalized spacial score (nSPS) is 14.5. The molecule has 2 heterocycles. The van der Waals surface area contributed by atoms with Gasteiger partial charge in [0.2, 0.25) is 0 Å². The number of aryl methyl sites for hydroxylation is 1. The zero-order valence-electron chi connectivity index (χ0n) is 13.7. The maximum Gasteiger partial charge on any atom is 0.414 e. The number of pyridine rings is 1. The number of nitrogens with zero attached hydrogens (tertiary/aromatic N) is 2. The van der Waals surface area contributed by atoms with Crippen LogP contribution in [0, 0.1) is 6.92 Å². The Morgan fingerprint density at radius 2 is 1.58 bits per heavy atom. The molecule has 24 heavy (non-hydrogen) atoms. The van der Waals surface area contributed by atoms with Crippen LogP contribution in [0.25, 0.3) is 10.9 Å². The smallest absolute Gasteiger partial charge is 0.414 e. The number of aliphatic carboxylic acids is 2. The van der Waals surface area contributed by atoms with Gasteiger partial charge in [0, 0.05) is 18.5 Å². The fourth-order valence-corrected chi connectivity index (χ4v) is 2.79. The van der Waals surface area contributed by atoms with E-state index in [9.17, 15) is 0 Å². The molecule has 0 saturated carbocycles. The van der Waals surface area contributed by atoms with Gasteiger partial charge in [0.15, 0.2) is 0 Å². The van der Waals surface area contributed by atoms with Crippen molar-refractivity contribution in [2.75, 3.05) is 18.0 Å². The number of para-hydroxylation sites is 1. The first-order valence-corrected chi connectivity index (χ1v) is 8.06. The summed E-state index contributed by atoms with van der Waals surface area (Å²) in [4.78, 5) is 25.5. The van der Waals surface area contributed by atoms with Crippen LogP contribution in [0.1, 0.15) is 31.2 Å². The lowest BCUT2D eigenvalue weighted by molar-refractivity contribution is -0.159. The molecular formula is C18H22N2O4. The minimum absolute atomic E-state index is 1.12. The van der Waals surface area contributed by atoms with Gasteiger partial charge in [0.25, 0.3) is 0 Å². The van der Waals surface area contributed by atoms with Gasteiger partial charge < -0.3 is 15.1 Å². The van der Waals surface area contributed by atoms with E-state index in [0.717, 1.165) is 24.4 Å². The van der Waals surface area contributed by atoms with Crippen LogP contribution in [0.3, 0.4) is 0 Å². The summed E-state index contributed by atoms with van der Waals surface area (Å²) in [5.74, 6) is -2.49. The van der Waals surface area contributed by atoms with Crippen molar-refractivity contribution in [2.24, 2.45) is 0 Å². The van der Waals surface area contributed by atoms with Crippen molar-refractivity contribution >= 4 is 28.7 Å². The highest BCUT2D eigenvalue weighted by Gasteiger charge is 2.12. The molecule has 0 spiro atoms. The van der Waals surface area contributed by atoms with Crippen LogP contribution in [0.15, 0.2) is 30.3 Å². The summed E-state index contributed by atoms with van der Waals surface area (Å²) >= 11 is 0. The third-order valence-corrected chi connectivity index (χ3v) is 4.02. The van der Waals surface area contributed by atoms with Crippen molar-refractivity contribution in [1.29, 1.82) is 0 Å². The number of fused-ring (bicyclic) bond motifs is 1. The standard InChI is InChI=1S/C16H20N2.C2H2O4/c1-13-12-16(18-10-6-2-3-7-11-18)17-15-9-5-4-8-14(13)15;3-1(4)2(5)6/h4-5,8-9,12H,2-3,6-7,10-11H2,1H3;(H,3,4)(H,5,6). The Labute approximate surface area is 140 Å². The Hall–Kier alpha value is -2.63. The van der Waals surface area contributed by atoms with E-state index in [1.165, 1.54) is 36.6 Å². The van der Waals surface area contributed by atoms with E-state index >= 15 is 0 Å². The van der Waals surface area contributed by atoms with Gasteiger partial charge in [-0.3, -0.25) is 0 Å². The van der Waals surface area contributed by atoms with Crippen molar-refractivity contribution in [3.63, 3.8) is 0 Å². The van der Waals surface area contributed by atoms with E-state index in [-0.39, 0.29) is 0 Å². The summed E-state index contributed by atoms with van der Waals surface area (Å²) in [6, 6.07) is 10.7. The largest absolute Gasteiger partial charge is 0.473 e. The van der Waals surface area contributed by atoms with Crippen molar-refractivity contribution in [3.8, 4) is 0 Å². The molecule has 0 radical (unpaired) electrons. The maximum absolute atomic E-state index is 9.10. The minimum atomic E-state index is -1.82. The van der Waals surface area contributed by atoms with Crippen molar-refractivity contribution in [3.05, 3.63) is 35.9 Å². The topological polar surface area (TPSA) is 90.7 Å². The highest BCUT2D eigenvalue weighted by Crippen LogP contribution is 2.24. The average Bonchev–Trinajstić information content (AvgIpc) is 2.84. The molecule has 1 aliphatic heterocycles. The summed E-state index contributed by atoms with van der Waals surface area (Å²) in [5, 5.41) is 16.1. The maximum atomic E-state index is 9.10. The predicted octanol–water partition coefficient (Wildman–Crippen LogP) is 3.08. The molecule has 2 aromatic rings. The second-order valence-corrected chi connectivity index (χ2v) is 5.83. The van der Waals surface area contributed by atoms with Gasteiger partial charge in [-0.05, 0) is 37.5 Å². The molecule has 1 saturated heterocycles. The second-order valence-electron chi connectivity index (χ2n) is 5.83. The summed E-state index contributed by atoms with van der Waals surface area (Å²) < 4.78 is 0. The molecule has 0 unspecified atom stereocenters. The Morgan fingerprint density at radius 3 is 2.17 bits per heavy atom. The van der Waals surface area contributed by atoms with Gasteiger partial charge in [-0.25, -0.2) is 14.6 Å². The lowest BCUT2D eigenvalue weighted by Gasteiger charge is -2.22. The monoisotopic (exact) mass is 330 g/mol. The van der Waals surface area contributed by atoms with Gasteiger partial charge in [0.1, 0.15) is 5.82 Å². The number of benzene rings is 1. The van der Waals surface area contributed by atoms with Crippen LogP contribution in [-0.4, -0.2) is 40.2 Å². The van der Waals surface area contributed by atoms with Crippen LogP contribution >= 0.6 is 0 Å². The predicted molar refractivity (Wildman–Crippen MR) is 92.4 cm³/mol. The first-order valence-electron chi connectivity index (χ1n) is 8.06. The number of carboxylic acid groups (broad SMARTS) is 2. The fraction of sp³-hybridized carbons (Fsp3) is 0.389. The molecule has 0 atom stereocenters. The molecule has 6 nitrogen and oxygen atoms in total. The minimum Gasteiger partial charge on any atom is -0.473 e. The summed E-state index contributed by atoms with van der Waals surface area (Å²) in [5.41, 5.74) is 2.46. The molecule has 6 heteroatoms. The summed E-state index contributed by atoms with van der Waals surface area (Å²) in [6.45, 7) is 4.50. The van der Waals surface area contributed by atoms with Crippen molar-refractivity contribution in [2.45, 2.75) is 32.6 Å². The van der Waals surface area contributed by atoms with Crippen LogP contribution in [0.5, 0.6) is 0 Å². The van der Waals surface area contributed by atoms with Crippen LogP contribution in [0.2, 0.25) is 0 Å². The Morgan fingerprint density at radius 1 is 1.00 bits per heavy atom. The SMILES string of the molecule is Cc1cc(N2CCCCCC2)nc2ccccc12.O=C(O)C(=O)O. The quantitative estimate of drug-likeness (QED) is 0.781. The van der Waals surface area contributed by atoms with Gasteiger partial charge in [0.05, 0.1) is 5.52 Å². The molecule has 1 fully saturated rings. The van der Waals surface area contributed by atoms with Crippen molar-refractivity contribution in [1.82, 2.24) is 4.98 Å².